The van der Waals surface area contributed by atoms with Gasteiger partial charge in [-0.25, -0.2) is 8.42 Å². The summed E-state index contributed by atoms with van der Waals surface area (Å²) in [7, 11) is -4.08. The highest BCUT2D eigenvalue weighted by Gasteiger charge is 2.28. The van der Waals surface area contributed by atoms with Crippen LogP contribution in [0.3, 0.4) is 0 Å². The number of para-hydroxylation sites is 1. The van der Waals surface area contributed by atoms with Crippen LogP contribution in [0.5, 0.6) is 11.5 Å². The summed E-state index contributed by atoms with van der Waals surface area (Å²) >= 11 is 0. The molecule has 30 heavy (non-hydrogen) atoms. The molecule has 0 atom stereocenters. The number of sulfonamides is 1. The van der Waals surface area contributed by atoms with E-state index in [4.69, 9.17) is 0 Å². The van der Waals surface area contributed by atoms with Crippen LogP contribution >= 0.6 is 0 Å². The first-order chi connectivity index (χ1) is 14.3. The van der Waals surface area contributed by atoms with Crippen LogP contribution in [0.1, 0.15) is 37.3 Å². The van der Waals surface area contributed by atoms with Gasteiger partial charge in [-0.05, 0) is 49.1 Å². The van der Waals surface area contributed by atoms with Gasteiger partial charge < -0.3 is 10.2 Å². The molecule has 3 aromatic rings. The Kier molecular flexibility index (Phi) is 6.67. The van der Waals surface area contributed by atoms with Crippen molar-refractivity contribution in [1.29, 1.82) is 0 Å². The van der Waals surface area contributed by atoms with Crippen LogP contribution in [-0.4, -0.2) is 18.6 Å². The number of rotatable bonds is 8. The first-order valence-electron chi connectivity index (χ1n) is 10.1. The topological polar surface area (TPSA) is 86.6 Å². The second-order valence-corrected chi connectivity index (χ2v) is 9.02. The molecule has 0 fully saturated rings. The van der Waals surface area contributed by atoms with Crippen LogP contribution in [0.4, 0.5) is 5.69 Å². The van der Waals surface area contributed by atoms with Crippen LogP contribution in [0.15, 0.2) is 65.6 Å². The number of hydrogen-bond acceptors (Lipinski definition) is 4. The van der Waals surface area contributed by atoms with E-state index in [9.17, 15) is 18.6 Å². The molecule has 5 nitrogen and oxygen atoms in total. The number of hydrogen-bond donors (Lipinski definition) is 3. The van der Waals surface area contributed by atoms with Gasteiger partial charge in [0.05, 0.1) is 5.56 Å². The van der Waals surface area contributed by atoms with Crippen molar-refractivity contribution in [1.82, 2.24) is 0 Å². The third kappa shape index (κ3) is 4.76. The van der Waals surface area contributed by atoms with Gasteiger partial charge in [0.25, 0.3) is 10.0 Å². The fraction of sp³-hybridized carbons (Fsp3) is 0.250. The van der Waals surface area contributed by atoms with Crippen molar-refractivity contribution in [3.05, 3.63) is 71.8 Å². The van der Waals surface area contributed by atoms with E-state index in [0.29, 0.717) is 23.2 Å². The van der Waals surface area contributed by atoms with E-state index in [-0.39, 0.29) is 16.2 Å². The zero-order valence-electron chi connectivity index (χ0n) is 17.2. The lowest BCUT2D eigenvalue weighted by Crippen LogP contribution is -2.16. The molecule has 0 saturated carbocycles. The smallest absolute Gasteiger partial charge is 0.265 e. The van der Waals surface area contributed by atoms with Crippen LogP contribution in [0.2, 0.25) is 0 Å². The maximum absolute atomic E-state index is 13.3. The Balaban J connectivity index is 2.17. The Morgan fingerprint density at radius 2 is 1.67 bits per heavy atom. The first kappa shape index (κ1) is 21.7. The molecule has 3 rings (SSSR count). The maximum atomic E-state index is 13.3. The summed E-state index contributed by atoms with van der Waals surface area (Å²) in [4.78, 5) is -0.184. The first-order valence-corrected chi connectivity index (χ1v) is 11.5. The number of aryl methyl sites for hydroxylation is 2. The minimum absolute atomic E-state index is 0.117. The van der Waals surface area contributed by atoms with Gasteiger partial charge >= 0.3 is 0 Å². The van der Waals surface area contributed by atoms with Gasteiger partial charge in [-0.15, -0.1) is 0 Å². The quantitative estimate of drug-likeness (QED) is 0.410. The minimum atomic E-state index is -4.08. The van der Waals surface area contributed by atoms with E-state index in [0.717, 1.165) is 24.8 Å². The van der Waals surface area contributed by atoms with Crippen molar-refractivity contribution in [2.45, 2.75) is 44.4 Å². The number of anilines is 1. The van der Waals surface area contributed by atoms with Crippen LogP contribution < -0.4 is 4.72 Å². The third-order valence-corrected chi connectivity index (χ3v) is 6.46. The Hall–Kier alpha value is -2.99. The lowest BCUT2D eigenvalue weighted by molar-refractivity contribution is 0.440. The number of phenolic OH excluding ortho intramolecular Hbond substituents is 2. The van der Waals surface area contributed by atoms with Crippen molar-refractivity contribution < 1.29 is 18.6 Å². The molecule has 0 aliphatic heterocycles. The number of unbranched alkanes of at least 4 members (excludes halogenated alkanes) is 2. The SMILES string of the molecule is CCCCCc1cc(O)c(-c2cccc(C)c2)c(O)c1S(=O)(=O)Nc1ccccc1. The van der Waals surface area contributed by atoms with Gasteiger partial charge in [-0.3, -0.25) is 4.72 Å². The second-order valence-electron chi connectivity index (χ2n) is 7.41. The molecule has 0 radical (unpaired) electrons. The van der Waals surface area contributed by atoms with Crippen molar-refractivity contribution in [2.24, 2.45) is 0 Å². The normalized spacial score (nSPS) is 11.4. The largest absolute Gasteiger partial charge is 0.507 e. The minimum Gasteiger partial charge on any atom is -0.507 e. The fourth-order valence-corrected chi connectivity index (χ4v) is 4.95. The molecule has 6 heteroatoms. The Bertz CT molecular complexity index is 1130. The summed E-state index contributed by atoms with van der Waals surface area (Å²) in [6.45, 7) is 3.95. The summed E-state index contributed by atoms with van der Waals surface area (Å²) in [5.74, 6) is -0.571. The van der Waals surface area contributed by atoms with E-state index in [1.807, 2.05) is 13.0 Å². The second kappa shape index (κ2) is 9.22. The lowest BCUT2D eigenvalue weighted by Gasteiger charge is -2.18. The van der Waals surface area contributed by atoms with E-state index in [2.05, 4.69) is 11.6 Å². The Labute approximate surface area is 178 Å². The molecule has 0 aliphatic carbocycles. The zero-order valence-corrected chi connectivity index (χ0v) is 18.0. The number of phenols is 2. The molecule has 0 saturated heterocycles. The molecule has 0 heterocycles. The molecule has 0 aromatic heterocycles. The number of benzene rings is 3. The standard InChI is InChI=1S/C24H27NO4S/c1-3-4-6-11-19-16-21(26)22(18-12-9-10-17(2)15-18)23(27)24(19)30(28,29)25-20-13-7-5-8-14-20/h5,7-10,12-16,25-27H,3-4,6,11H2,1-2H3. The van der Waals surface area contributed by atoms with Gasteiger partial charge in [0, 0.05) is 5.69 Å². The molecule has 0 unspecified atom stereocenters. The van der Waals surface area contributed by atoms with Gasteiger partial charge in [0.1, 0.15) is 16.4 Å². The summed E-state index contributed by atoms with van der Waals surface area (Å²) < 4.78 is 29.1. The van der Waals surface area contributed by atoms with Crippen LogP contribution in [-0.2, 0) is 16.4 Å². The molecule has 3 N–H and O–H groups in total. The highest BCUT2D eigenvalue weighted by Crippen LogP contribution is 2.44. The van der Waals surface area contributed by atoms with E-state index >= 15 is 0 Å². The lowest BCUT2D eigenvalue weighted by atomic mass is 9.97. The molecule has 3 aromatic carbocycles. The van der Waals surface area contributed by atoms with E-state index in [1.54, 1.807) is 48.5 Å². The zero-order chi connectivity index (χ0) is 21.7. The highest BCUT2D eigenvalue weighted by molar-refractivity contribution is 7.92. The van der Waals surface area contributed by atoms with Crippen LogP contribution in [0.25, 0.3) is 11.1 Å². The third-order valence-electron chi connectivity index (χ3n) is 4.96. The highest BCUT2D eigenvalue weighted by atomic mass is 32.2. The van der Waals surface area contributed by atoms with Crippen molar-refractivity contribution in [3.8, 4) is 22.6 Å². The predicted molar refractivity (Wildman–Crippen MR) is 120 cm³/mol. The van der Waals surface area contributed by atoms with Gasteiger partial charge in [0.2, 0.25) is 0 Å². The Morgan fingerprint density at radius 3 is 2.33 bits per heavy atom. The Morgan fingerprint density at radius 1 is 0.933 bits per heavy atom. The molecule has 0 aliphatic rings. The fourth-order valence-electron chi connectivity index (χ4n) is 3.54. The maximum Gasteiger partial charge on any atom is 0.265 e. The van der Waals surface area contributed by atoms with Gasteiger partial charge in [-0.1, -0.05) is 67.8 Å². The predicted octanol–water partition coefficient (Wildman–Crippen LogP) is 5.61. The van der Waals surface area contributed by atoms with Gasteiger partial charge in [-0.2, -0.15) is 0 Å². The van der Waals surface area contributed by atoms with Crippen molar-refractivity contribution >= 4 is 15.7 Å². The number of aromatic hydroxyl groups is 2. The summed E-state index contributed by atoms with van der Waals surface area (Å²) in [6, 6.07) is 17.2. The van der Waals surface area contributed by atoms with Crippen molar-refractivity contribution in [3.63, 3.8) is 0 Å². The van der Waals surface area contributed by atoms with E-state index < -0.39 is 15.8 Å². The van der Waals surface area contributed by atoms with Crippen LogP contribution in [0, 0.1) is 6.92 Å². The van der Waals surface area contributed by atoms with E-state index in [1.165, 1.54) is 6.07 Å². The summed E-state index contributed by atoms with van der Waals surface area (Å²) in [5, 5.41) is 21.8. The number of nitrogens with one attached hydrogen (secondary N) is 1. The average molecular weight is 426 g/mol. The monoisotopic (exact) mass is 425 g/mol. The molecule has 0 amide bonds. The van der Waals surface area contributed by atoms with Gasteiger partial charge in [0.15, 0.2) is 0 Å². The molecule has 158 valence electrons. The molecular formula is C24H27NO4S. The molecule has 0 spiro atoms. The molecule has 0 bridgehead atoms. The summed E-state index contributed by atoms with van der Waals surface area (Å²) in [5.41, 5.74) is 2.41. The summed E-state index contributed by atoms with van der Waals surface area (Å²) in [6.07, 6.45) is 3.09. The van der Waals surface area contributed by atoms with Crippen molar-refractivity contribution in [2.75, 3.05) is 4.72 Å². The average Bonchev–Trinajstić information content (AvgIpc) is 2.68. The molecular weight excluding hydrogens is 398 g/mol.